The first kappa shape index (κ1) is 14.9. The average molecular weight is 286 g/mol. The van der Waals surface area contributed by atoms with Gasteiger partial charge in [-0.05, 0) is 31.1 Å². The van der Waals surface area contributed by atoms with E-state index in [1.165, 1.54) is 18.4 Å². The number of thiophene rings is 1. The van der Waals surface area contributed by atoms with Crippen molar-refractivity contribution in [2.24, 2.45) is 5.92 Å². The minimum Gasteiger partial charge on any atom is -0.465 e. The van der Waals surface area contributed by atoms with E-state index >= 15 is 0 Å². The quantitative estimate of drug-likeness (QED) is 0.658. The number of hydrogen-bond acceptors (Lipinski definition) is 4. The lowest BCUT2D eigenvalue weighted by atomic mass is 10.2. The Kier molecular flexibility index (Phi) is 5.55. The van der Waals surface area contributed by atoms with Crippen LogP contribution >= 0.6 is 23.6 Å². The van der Waals surface area contributed by atoms with Gasteiger partial charge in [0, 0.05) is 11.4 Å². The van der Waals surface area contributed by atoms with Crippen LogP contribution in [0.3, 0.4) is 0 Å². The largest absolute Gasteiger partial charge is 0.465 e. The zero-order valence-electron chi connectivity index (χ0n) is 11.0. The summed E-state index contributed by atoms with van der Waals surface area (Å²) in [5.41, 5.74) is 0.522. The average Bonchev–Trinajstić information content (AvgIpc) is 2.66. The van der Waals surface area contributed by atoms with Gasteiger partial charge in [-0.1, -0.05) is 13.8 Å². The summed E-state index contributed by atoms with van der Waals surface area (Å²) in [6.45, 7) is 6.94. The SMILES string of the molecule is COC(=O)c1cc(C)sc1NC(=S)NCC(C)C. The lowest BCUT2D eigenvalue weighted by molar-refractivity contribution is 0.0602. The van der Waals surface area contributed by atoms with E-state index in [1.807, 2.05) is 6.92 Å². The van der Waals surface area contributed by atoms with Crippen LogP contribution in [-0.4, -0.2) is 24.7 Å². The molecular formula is C12H18N2O2S2. The van der Waals surface area contributed by atoms with E-state index in [0.29, 0.717) is 16.6 Å². The molecule has 0 saturated carbocycles. The van der Waals surface area contributed by atoms with Crippen molar-refractivity contribution < 1.29 is 9.53 Å². The van der Waals surface area contributed by atoms with Crippen LogP contribution in [0.4, 0.5) is 5.00 Å². The van der Waals surface area contributed by atoms with Gasteiger partial charge in [-0.2, -0.15) is 0 Å². The van der Waals surface area contributed by atoms with Crippen LogP contribution in [0.15, 0.2) is 6.07 Å². The Bertz CT molecular complexity index is 441. The summed E-state index contributed by atoms with van der Waals surface area (Å²) in [7, 11) is 1.37. The number of esters is 1. The monoisotopic (exact) mass is 286 g/mol. The summed E-state index contributed by atoms with van der Waals surface area (Å²) in [5.74, 6) is 0.156. The summed E-state index contributed by atoms with van der Waals surface area (Å²) < 4.78 is 4.73. The molecule has 0 aliphatic rings. The van der Waals surface area contributed by atoms with E-state index in [0.717, 1.165) is 16.4 Å². The maximum atomic E-state index is 11.6. The van der Waals surface area contributed by atoms with E-state index < -0.39 is 0 Å². The summed E-state index contributed by atoms with van der Waals surface area (Å²) in [6, 6.07) is 1.80. The second-order valence-corrected chi connectivity index (χ2v) is 5.98. The van der Waals surface area contributed by atoms with Gasteiger partial charge in [0.05, 0.1) is 12.7 Å². The highest BCUT2D eigenvalue weighted by Crippen LogP contribution is 2.28. The van der Waals surface area contributed by atoms with Gasteiger partial charge in [0.25, 0.3) is 0 Å². The molecule has 0 spiro atoms. The number of anilines is 1. The van der Waals surface area contributed by atoms with Crippen molar-refractivity contribution >= 4 is 39.6 Å². The Morgan fingerprint density at radius 3 is 2.78 bits per heavy atom. The van der Waals surface area contributed by atoms with Crippen molar-refractivity contribution in [2.75, 3.05) is 19.0 Å². The minimum atomic E-state index is -0.353. The first-order valence-electron chi connectivity index (χ1n) is 5.67. The van der Waals surface area contributed by atoms with Crippen molar-refractivity contribution in [3.63, 3.8) is 0 Å². The molecule has 0 radical (unpaired) electrons. The smallest absolute Gasteiger partial charge is 0.340 e. The molecule has 0 aliphatic heterocycles. The number of thiocarbonyl (C=S) groups is 1. The lowest BCUT2D eigenvalue weighted by Gasteiger charge is -2.11. The van der Waals surface area contributed by atoms with Crippen molar-refractivity contribution in [1.82, 2.24) is 5.32 Å². The fourth-order valence-electron chi connectivity index (χ4n) is 1.31. The van der Waals surface area contributed by atoms with Gasteiger partial charge in [0.15, 0.2) is 5.11 Å². The number of carbonyl (C=O) groups excluding carboxylic acids is 1. The second kappa shape index (κ2) is 6.70. The van der Waals surface area contributed by atoms with E-state index in [9.17, 15) is 4.79 Å². The van der Waals surface area contributed by atoms with Gasteiger partial charge in [-0.15, -0.1) is 11.3 Å². The highest BCUT2D eigenvalue weighted by Gasteiger charge is 2.16. The number of nitrogens with one attached hydrogen (secondary N) is 2. The van der Waals surface area contributed by atoms with Gasteiger partial charge < -0.3 is 15.4 Å². The molecule has 18 heavy (non-hydrogen) atoms. The third-order valence-corrected chi connectivity index (χ3v) is 3.37. The molecule has 100 valence electrons. The van der Waals surface area contributed by atoms with Crippen LogP contribution in [0, 0.1) is 12.8 Å². The predicted molar refractivity (Wildman–Crippen MR) is 79.5 cm³/mol. The maximum absolute atomic E-state index is 11.6. The van der Waals surface area contributed by atoms with E-state index in [1.54, 1.807) is 6.07 Å². The van der Waals surface area contributed by atoms with Gasteiger partial charge in [-0.25, -0.2) is 4.79 Å². The fourth-order valence-corrected chi connectivity index (χ4v) is 2.47. The molecule has 0 bridgehead atoms. The third-order valence-electron chi connectivity index (χ3n) is 2.16. The summed E-state index contributed by atoms with van der Waals surface area (Å²) in [6.07, 6.45) is 0. The third kappa shape index (κ3) is 4.27. The molecule has 1 heterocycles. The summed E-state index contributed by atoms with van der Waals surface area (Å²) >= 11 is 6.66. The van der Waals surface area contributed by atoms with E-state index in [4.69, 9.17) is 17.0 Å². The Balaban J connectivity index is 2.72. The first-order valence-corrected chi connectivity index (χ1v) is 6.90. The van der Waals surface area contributed by atoms with Crippen molar-refractivity contribution in [3.8, 4) is 0 Å². The minimum absolute atomic E-state index is 0.353. The molecule has 1 aromatic rings. The predicted octanol–water partition coefficient (Wildman–Crippen LogP) is 2.79. The van der Waals surface area contributed by atoms with Crippen molar-refractivity contribution in [2.45, 2.75) is 20.8 Å². The van der Waals surface area contributed by atoms with Gasteiger partial charge in [0.1, 0.15) is 5.00 Å². The van der Waals surface area contributed by atoms with Gasteiger partial charge >= 0.3 is 5.97 Å². The number of hydrogen-bond donors (Lipinski definition) is 2. The zero-order chi connectivity index (χ0) is 13.7. The highest BCUT2D eigenvalue weighted by molar-refractivity contribution is 7.80. The number of methoxy groups -OCH3 is 1. The van der Waals surface area contributed by atoms with Gasteiger partial charge in [0.2, 0.25) is 0 Å². The van der Waals surface area contributed by atoms with Crippen LogP contribution in [0.2, 0.25) is 0 Å². The number of aryl methyl sites for hydroxylation is 1. The Hall–Kier alpha value is -1.14. The van der Waals surface area contributed by atoms with Gasteiger partial charge in [-0.3, -0.25) is 0 Å². The molecule has 0 aliphatic carbocycles. The van der Waals surface area contributed by atoms with Crippen LogP contribution in [-0.2, 0) is 4.74 Å². The lowest BCUT2D eigenvalue weighted by Crippen LogP contribution is -2.31. The van der Waals surface area contributed by atoms with E-state index in [-0.39, 0.29) is 5.97 Å². The fraction of sp³-hybridized carbons (Fsp3) is 0.500. The molecule has 6 heteroatoms. The second-order valence-electron chi connectivity index (χ2n) is 4.32. The standard InChI is InChI=1S/C12H18N2O2S2/c1-7(2)6-13-12(17)14-10-9(11(15)16-4)5-8(3)18-10/h5,7H,6H2,1-4H3,(H2,13,14,17). The molecule has 0 fully saturated rings. The molecule has 0 saturated heterocycles. The normalized spacial score (nSPS) is 10.3. The highest BCUT2D eigenvalue weighted by atomic mass is 32.1. The molecule has 1 aromatic heterocycles. The van der Waals surface area contributed by atoms with Crippen LogP contribution in [0.25, 0.3) is 0 Å². The molecule has 0 unspecified atom stereocenters. The van der Waals surface area contributed by atoms with Crippen LogP contribution < -0.4 is 10.6 Å². The van der Waals surface area contributed by atoms with Crippen molar-refractivity contribution in [3.05, 3.63) is 16.5 Å². The zero-order valence-corrected chi connectivity index (χ0v) is 12.6. The molecule has 1 rings (SSSR count). The number of ether oxygens (including phenoxy) is 1. The molecule has 0 amide bonds. The van der Waals surface area contributed by atoms with E-state index in [2.05, 4.69) is 24.5 Å². The number of rotatable bonds is 4. The molecule has 0 aromatic carbocycles. The Labute approximate surface area is 117 Å². The maximum Gasteiger partial charge on any atom is 0.340 e. The Morgan fingerprint density at radius 1 is 1.56 bits per heavy atom. The molecule has 4 nitrogen and oxygen atoms in total. The molecular weight excluding hydrogens is 268 g/mol. The van der Waals surface area contributed by atoms with Crippen LogP contribution in [0.5, 0.6) is 0 Å². The Morgan fingerprint density at radius 2 is 2.22 bits per heavy atom. The number of carbonyl (C=O) groups is 1. The first-order chi connectivity index (χ1) is 8.43. The topological polar surface area (TPSA) is 50.4 Å². The molecule has 2 N–H and O–H groups in total. The van der Waals surface area contributed by atoms with Crippen molar-refractivity contribution in [1.29, 1.82) is 0 Å². The van der Waals surface area contributed by atoms with Crippen LogP contribution in [0.1, 0.15) is 29.1 Å². The molecule has 0 atom stereocenters. The summed E-state index contributed by atoms with van der Waals surface area (Å²) in [4.78, 5) is 12.6. The summed E-state index contributed by atoms with van der Waals surface area (Å²) in [5, 5.41) is 7.39.